The third kappa shape index (κ3) is 3.26. The van der Waals surface area contributed by atoms with Gasteiger partial charge in [0, 0.05) is 0 Å². The highest BCUT2D eigenvalue weighted by Gasteiger charge is 2.44. The number of carbonyl (C=O) groups excluding carboxylic acids is 1. The minimum atomic E-state index is -4.26. The molecule has 7 heteroatoms. The molecule has 0 radical (unpaired) electrons. The topological polar surface area (TPSA) is 35.5 Å². The van der Waals surface area contributed by atoms with Crippen molar-refractivity contribution in [2.45, 2.75) is 13.0 Å². The zero-order chi connectivity index (χ0) is 13.1. The van der Waals surface area contributed by atoms with Crippen molar-refractivity contribution in [3.63, 3.8) is 0 Å². The van der Waals surface area contributed by atoms with E-state index in [-0.39, 0.29) is 11.6 Å². The van der Waals surface area contributed by atoms with Gasteiger partial charge in [0.25, 0.3) is 0 Å². The fourth-order valence-corrected chi connectivity index (χ4v) is 1.12. The average Bonchev–Trinajstić information content (AvgIpc) is 2.25. The normalized spacial score (nSPS) is 11.1. The highest BCUT2D eigenvalue weighted by atomic mass is 35.5. The van der Waals surface area contributed by atoms with Crippen LogP contribution in [0.15, 0.2) is 18.2 Å². The first kappa shape index (κ1) is 13.6. The molecule has 0 aliphatic heterocycles. The summed E-state index contributed by atoms with van der Waals surface area (Å²) in [6.45, 7) is 1.11. The summed E-state index contributed by atoms with van der Waals surface area (Å²) in [6.07, 6.45) is -4.26. The van der Waals surface area contributed by atoms with Gasteiger partial charge in [0.05, 0.1) is 11.6 Å². The maximum atomic E-state index is 13.2. The molecule has 3 nitrogen and oxygen atoms in total. The summed E-state index contributed by atoms with van der Waals surface area (Å²) in [6, 6.07) is 3.29. The summed E-state index contributed by atoms with van der Waals surface area (Å²) < 4.78 is 47.5. The minimum Gasteiger partial charge on any atom is -0.459 e. The van der Waals surface area contributed by atoms with Gasteiger partial charge < -0.3 is 9.47 Å². The Hall–Kier alpha value is -1.43. The molecule has 0 N–H and O–H groups in total. The second-order valence-corrected chi connectivity index (χ2v) is 3.30. The molecule has 0 aliphatic rings. The second kappa shape index (κ2) is 5.27. The van der Waals surface area contributed by atoms with E-state index in [0.29, 0.717) is 0 Å². The van der Waals surface area contributed by atoms with E-state index < -0.39 is 23.6 Å². The van der Waals surface area contributed by atoms with E-state index in [4.69, 9.17) is 11.6 Å². The Morgan fingerprint density at radius 3 is 2.71 bits per heavy atom. The predicted molar refractivity (Wildman–Crippen MR) is 53.6 cm³/mol. The Kier molecular flexibility index (Phi) is 4.22. The van der Waals surface area contributed by atoms with Crippen LogP contribution < -0.4 is 4.74 Å². The van der Waals surface area contributed by atoms with Gasteiger partial charge in [0.1, 0.15) is 0 Å². The van der Waals surface area contributed by atoms with Crippen molar-refractivity contribution in [3.8, 4) is 5.75 Å². The molecule has 0 saturated carbocycles. The van der Waals surface area contributed by atoms with Gasteiger partial charge in [0.15, 0.2) is 11.6 Å². The quantitative estimate of drug-likeness (QED) is 0.788. The Balaban J connectivity index is 2.90. The molecule has 0 saturated heterocycles. The molecule has 17 heavy (non-hydrogen) atoms. The molecular formula is C10H8ClF3O3. The fourth-order valence-electron chi connectivity index (χ4n) is 0.958. The Morgan fingerprint density at radius 2 is 2.12 bits per heavy atom. The van der Waals surface area contributed by atoms with Crippen molar-refractivity contribution >= 4 is 17.6 Å². The Morgan fingerprint density at radius 1 is 1.47 bits per heavy atom. The van der Waals surface area contributed by atoms with Crippen LogP contribution in [0.1, 0.15) is 6.92 Å². The van der Waals surface area contributed by atoms with Crippen LogP contribution in [0.2, 0.25) is 5.02 Å². The zero-order valence-electron chi connectivity index (χ0n) is 8.68. The van der Waals surface area contributed by atoms with Crippen molar-refractivity contribution in [2.24, 2.45) is 0 Å². The maximum absolute atomic E-state index is 13.2. The molecule has 94 valence electrons. The molecule has 0 fully saturated rings. The van der Waals surface area contributed by atoms with Crippen molar-refractivity contribution < 1.29 is 27.4 Å². The van der Waals surface area contributed by atoms with Crippen molar-refractivity contribution in [1.82, 2.24) is 0 Å². The standard InChI is InChI=1S/C10H8ClF3O3/c1-2-16-9(15)10(13,14)17-7-5-3-4-6(11)8(7)12/h3-5H,2H2,1H3. The van der Waals surface area contributed by atoms with Crippen LogP contribution in [0.3, 0.4) is 0 Å². The molecule has 0 aromatic heterocycles. The van der Waals surface area contributed by atoms with Gasteiger partial charge in [-0.05, 0) is 19.1 Å². The van der Waals surface area contributed by atoms with Crippen LogP contribution >= 0.6 is 11.6 Å². The smallest absolute Gasteiger partial charge is 0.459 e. The molecule has 0 atom stereocenters. The third-order valence-electron chi connectivity index (χ3n) is 1.67. The predicted octanol–water partition coefficient (Wildman–Crippen LogP) is 3.01. The SMILES string of the molecule is CCOC(=O)C(F)(F)Oc1cccc(Cl)c1F. The first-order valence-corrected chi connectivity index (χ1v) is 4.94. The van der Waals surface area contributed by atoms with E-state index in [1.165, 1.54) is 13.0 Å². The lowest BCUT2D eigenvalue weighted by atomic mass is 10.3. The summed E-state index contributed by atoms with van der Waals surface area (Å²) in [4.78, 5) is 10.8. The first-order valence-electron chi connectivity index (χ1n) is 4.56. The summed E-state index contributed by atoms with van der Waals surface area (Å²) in [5.74, 6) is -3.88. The summed E-state index contributed by atoms with van der Waals surface area (Å²) in [5.41, 5.74) is 0. The van der Waals surface area contributed by atoms with Crippen LogP contribution in [-0.4, -0.2) is 18.7 Å². The molecule has 0 aliphatic carbocycles. The lowest BCUT2D eigenvalue weighted by molar-refractivity contribution is -0.217. The van der Waals surface area contributed by atoms with E-state index >= 15 is 0 Å². The lowest BCUT2D eigenvalue weighted by Gasteiger charge is -2.16. The van der Waals surface area contributed by atoms with Crippen LogP contribution in [0.5, 0.6) is 5.75 Å². The number of alkyl halides is 2. The van der Waals surface area contributed by atoms with Gasteiger partial charge in [-0.3, -0.25) is 0 Å². The van der Waals surface area contributed by atoms with Crippen molar-refractivity contribution in [1.29, 1.82) is 0 Å². The summed E-state index contributed by atoms with van der Waals surface area (Å²) in [5, 5.41) is -0.387. The molecule has 0 heterocycles. The van der Waals surface area contributed by atoms with Gasteiger partial charge in [0.2, 0.25) is 0 Å². The first-order chi connectivity index (χ1) is 7.88. The number of hydrogen-bond donors (Lipinski definition) is 0. The zero-order valence-corrected chi connectivity index (χ0v) is 9.43. The molecule has 1 aromatic rings. The van der Waals surface area contributed by atoms with Gasteiger partial charge in [-0.25, -0.2) is 9.18 Å². The monoisotopic (exact) mass is 268 g/mol. The van der Waals surface area contributed by atoms with Gasteiger partial charge in [-0.15, -0.1) is 0 Å². The number of halogens is 4. The van der Waals surface area contributed by atoms with Gasteiger partial charge in [-0.2, -0.15) is 8.78 Å². The van der Waals surface area contributed by atoms with Gasteiger partial charge in [-0.1, -0.05) is 17.7 Å². The Bertz CT molecular complexity index is 423. The molecule has 1 rings (SSSR count). The largest absolute Gasteiger partial charge is 0.502 e. The van der Waals surface area contributed by atoms with Crippen molar-refractivity contribution in [3.05, 3.63) is 29.0 Å². The third-order valence-corrected chi connectivity index (χ3v) is 1.96. The fraction of sp³-hybridized carbons (Fsp3) is 0.300. The van der Waals surface area contributed by atoms with Crippen LogP contribution in [0.4, 0.5) is 13.2 Å². The highest BCUT2D eigenvalue weighted by Crippen LogP contribution is 2.29. The van der Waals surface area contributed by atoms with Crippen LogP contribution in [0, 0.1) is 5.82 Å². The number of benzene rings is 1. The van der Waals surface area contributed by atoms with E-state index in [0.717, 1.165) is 12.1 Å². The summed E-state index contributed by atoms with van der Waals surface area (Å²) in [7, 11) is 0. The molecule has 0 amide bonds. The number of esters is 1. The number of hydrogen-bond acceptors (Lipinski definition) is 3. The van der Waals surface area contributed by atoms with E-state index in [1.54, 1.807) is 0 Å². The number of ether oxygens (including phenoxy) is 2. The average molecular weight is 269 g/mol. The maximum Gasteiger partial charge on any atom is 0.502 e. The second-order valence-electron chi connectivity index (χ2n) is 2.89. The van der Waals surface area contributed by atoms with Crippen LogP contribution in [-0.2, 0) is 9.53 Å². The molecule has 0 spiro atoms. The van der Waals surface area contributed by atoms with E-state index in [2.05, 4.69) is 9.47 Å². The molecular weight excluding hydrogens is 261 g/mol. The number of rotatable bonds is 4. The van der Waals surface area contributed by atoms with Crippen LogP contribution in [0.25, 0.3) is 0 Å². The van der Waals surface area contributed by atoms with Crippen molar-refractivity contribution in [2.75, 3.05) is 6.61 Å². The molecule has 0 unspecified atom stereocenters. The molecule has 1 aromatic carbocycles. The number of carbonyl (C=O) groups is 1. The summed E-state index contributed by atoms with van der Waals surface area (Å²) >= 11 is 5.37. The van der Waals surface area contributed by atoms with E-state index in [9.17, 15) is 18.0 Å². The highest BCUT2D eigenvalue weighted by molar-refractivity contribution is 6.30. The Labute approximate surface area is 100 Å². The minimum absolute atomic E-state index is 0.240. The lowest BCUT2D eigenvalue weighted by Crippen LogP contribution is -2.37. The van der Waals surface area contributed by atoms with Gasteiger partial charge >= 0.3 is 12.1 Å². The molecule has 0 bridgehead atoms. The van der Waals surface area contributed by atoms with E-state index in [1.807, 2.05) is 0 Å².